The number of rotatable bonds is 6. The molecule has 7 heteroatoms. The van der Waals surface area contributed by atoms with E-state index in [9.17, 15) is 13.2 Å². The largest absolute Gasteiger partial charge is 0.481 e. The van der Waals surface area contributed by atoms with Gasteiger partial charge in [-0.05, 0) is 12.8 Å². The van der Waals surface area contributed by atoms with Gasteiger partial charge >= 0.3 is 5.97 Å². The van der Waals surface area contributed by atoms with Crippen molar-refractivity contribution in [3.05, 3.63) is 47.2 Å². The molecule has 1 heterocycles. The molecule has 0 bridgehead atoms. The molecule has 2 rings (SSSR count). The Labute approximate surface area is 123 Å². The summed E-state index contributed by atoms with van der Waals surface area (Å²) in [6.07, 6.45) is 10.1. The molecular formula is C14H16O6S. The van der Waals surface area contributed by atoms with Crippen LogP contribution in [0.3, 0.4) is 0 Å². The third-order valence-corrected chi connectivity index (χ3v) is 4.52. The molecule has 21 heavy (non-hydrogen) atoms. The fourth-order valence-corrected chi connectivity index (χ4v) is 2.98. The molecule has 1 N–H and O–H groups in total. The van der Waals surface area contributed by atoms with Crippen LogP contribution in [-0.4, -0.2) is 25.2 Å². The van der Waals surface area contributed by atoms with E-state index in [2.05, 4.69) is 6.08 Å². The first-order chi connectivity index (χ1) is 9.97. The van der Waals surface area contributed by atoms with Crippen molar-refractivity contribution in [2.24, 2.45) is 0 Å². The van der Waals surface area contributed by atoms with Crippen molar-refractivity contribution in [1.29, 1.82) is 0 Å². The van der Waals surface area contributed by atoms with Crippen LogP contribution in [0.5, 0.6) is 0 Å². The number of carboxylic acids is 1. The summed E-state index contributed by atoms with van der Waals surface area (Å²) in [6, 6.07) is 0. The summed E-state index contributed by atoms with van der Waals surface area (Å²) in [5.74, 6) is -1.30. The van der Waals surface area contributed by atoms with Gasteiger partial charge in [-0.25, -0.2) is 8.42 Å². The van der Waals surface area contributed by atoms with E-state index in [0.29, 0.717) is 12.2 Å². The van der Waals surface area contributed by atoms with E-state index in [-0.39, 0.29) is 5.09 Å². The highest BCUT2D eigenvalue weighted by Gasteiger charge is 2.25. The highest BCUT2D eigenvalue weighted by molar-refractivity contribution is 7.95. The van der Waals surface area contributed by atoms with Crippen LogP contribution in [0.4, 0.5) is 0 Å². The molecule has 0 amide bonds. The molecule has 0 saturated carbocycles. The normalized spacial score (nSPS) is 18.0. The minimum absolute atomic E-state index is 0.340. The number of allylic oxidation sites excluding steroid dienone is 4. The Morgan fingerprint density at radius 1 is 1.33 bits per heavy atom. The van der Waals surface area contributed by atoms with Crippen LogP contribution in [0.25, 0.3) is 0 Å². The van der Waals surface area contributed by atoms with Crippen LogP contribution in [-0.2, 0) is 24.1 Å². The summed E-state index contributed by atoms with van der Waals surface area (Å²) in [4.78, 5) is 10.5. The van der Waals surface area contributed by atoms with Gasteiger partial charge in [0.15, 0.2) is 0 Å². The molecule has 0 aromatic carbocycles. The van der Waals surface area contributed by atoms with Gasteiger partial charge in [0.25, 0.3) is 5.09 Å². The SMILES string of the molecule is O=C(O)CCS(=O)(=O)C1=COC=C(CC2=CC=CCC2)O1. The highest BCUT2D eigenvalue weighted by Crippen LogP contribution is 2.26. The van der Waals surface area contributed by atoms with Crippen molar-refractivity contribution >= 4 is 15.8 Å². The Hall–Kier alpha value is -2.02. The van der Waals surface area contributed by atoms with Gasteiger partial charge in [0.1, 0.15) is 18.3 Å². The monoisotopic (exact) mass is 312 g/mol. The molecule has 0 fully saturated rings. The lowest BCUT2D eigenvalue weighted by Crippen LogP contribution is -2.16. The van der Waals surface area contributed by atoms with Crippen LogP contribution < -0.4 is 0 Å². The van der Waals surface area contributed by atoms with Gasteiger partial charge in [-0.15, -0.1) is 0 Å². The third-order valence-electron chi connectivity index (χ3n) is 2.99. The van der Waals surface area contributed by atoms with E-state index >= 15 is 0 Å². The minimum Gasteiger partial charge on any atom is -0.481 e. The molecule has 0 aromatic heterocycles. The summed E-state index contributed by atoms with van der Waals surface area (Å²) in [5.41, 5.74) is 1.12. The molecule has 0 saturated heterocycles. The summed E-state index contributed by atoms with van der Waals surface area (Å²) in [6.45, 7) is 0. The van der Waals surface area contributed by atoms with Crippen LogP contribution in [0.15, 0.2) is 47.2 Å². The Morgan fingerprint density at radius 3 is 2.81 bits per heavy atom. The highest BCUT2D eigenvalue weighted by atomic mass is 32.2. The number of carboxylic acid groups (broad SMARTS) is 1. The fraction of sp³-hybridized carbons (Fsp3) is 0.357. The molecule has 0 unspecified atom stereocenters. The zero-order chi connectivity index (χ0) is 15.3. The van der Waals surface area contributed by atoms with Crippen LogP contribution in [0, 0.1) is 0 Å². The summed E-state index contributed by atoms with van der Waals surface area (Å²) < 4.78 is 34.2. The smallest absolute Gasteiger partial charge is 0.304 e. The van der Waals surface area contributed by atoms with Gasteiger partial charge in [0.2, 0.25) is 9.84 Å². The van der Waals surface area contributed by atoms with E-state index in [4.69, 9.17) is 14.6 Å². The molecule has 2 aliphatic rings. The molecule has 1 aliphatic heterocycles. The van der Waals surface area contributed by atoms with E-state index < -0.39 is 28.0 Å². The number of sulfone groups is 1. The Kier molecular flexibility index (Phi) is 4.85. The summed E-state index contributed by atoms with van der Waals surface area (Å²) >= 11 is 0. The Balaban J connectivity index is 1.98. The van der Waals surface area contributed by atoms with Gasteiger partial charge in [0, 0.05) is 6.42 Å². The maximum atomic E-state index is 11.9. The van der Waals surface area contributed by atoms with Crippen molar-refractivity contribution in [2.75, 3.05) is 5.75 Å². The lowest BCUT2D eigenvalue weighted by Gasteiger charge is -2.18. The first-order valence-electron chi connectivity index (χ1n) is 6.49. The third kappa shape index (κ3) is 4.49. The van der Waals surface area contributed by atoms with Crippen molar-refractivity contribution < 1.29 is 27.8 Å². The number of ether oxygens (including phenoxy) is 2. The van der Waals surface area contributed by atoms with E-state index in [1.54, 1.807) is 0 Å². The topological polar surface area (TPSA) is 89.9 Å². The van der Waals surface area contributed by atoms with E-state index in [1.165, 1.54) is 6.26 Å². The maximum absolute atomic E-state index is 11.9. The van der Waals surface area contributed by atoms with E-state index in [0.717, 1.165) is 24.7 Å². The van der Waals surface area contributed by atoms with Crippen LogP contribution in [0.2, 0.25) is 0 Å². The predicted molar refractivity (Wildman–Crippen MR) is 75.4 cm³/mol. The Bertz CT molecular complexity index is 636. The zero-order valence-electron chi connectivity index (χ0n) is 11.3. The standard InChI is InChI=1S/C14H16O6S/c15-13(16)6-7-21(17,18)14-10-19-9-12(20-14)8-11-4-2-1-3-5-11/h1-2,4,9-10H,3,5-8H2,(H,15,16). The fourth-order valence-electron chi connectivity index (χ4n) is 1.90. The Morgan fingerprint density at radius 2 is 2.14 bits per heavy atom. The molecule has 0 atom stereocenters. The van der Waals surface area contributed by atoms with E-state index in [1.807, 2.05) is 12.2 Å². The molecule has 0 spiro atoms. The second kappa shape index (κ2) is 6.62. The van der Waals surface area contributed by atoms with Gasteiger partial charge in [-0.2, -0.15) is 0 Å². The first kappa shape index (κ1) is 15.4. The molecule has 0 aromatic rings. The van der Waals surface area contributed by atoms with Gasteiger partial charge < -0.3 is 14.6 Å². The predicted octanol–water partition coefficient (Wildman–Crippen LogP) is 2.23. The lowest BCUT2D eigenvalue weighted by molar-refractivity contribution is -0.136. The van der Waals surface area contributed by atoms with Crippen molar-refractivity contribution in [3.63, 3.8) is 0 Å². The minimum atomic E-state index is -3.79. The van der Waals surface area contributed by atoms with Crippen molar-refractivity contribution in [1.82, 2.24) is 0 Å². The number of hydrogen-bond acceptors (Lipinski definition) is 5. The van der Waals surface area contributed by atoms with Crippen molar-refractivity contribution in [2.45, 2.75) is 25.7 Å². The first-order valence-corrected chi connectivity index (χ1v) is 8.14. The average molecular weight is 312 g/mol. The average Bonchev–Trinajstić information content (AvgIpc) is 2.47. The van der Waals surface area contributed by atoms with Crippen LogP contribution in [0.1, 0.15) is 25.7 Å². The van der Waals surface area contributed by atoms with Gasteiger partial charge in [0.05, 0.1) is 12.2 Å². The molecule has 1 aliphatic carbocycles. The number of aliphatic carboxylic acids is 1. The maximum Gasteiger partial charge on any atom is 0.304 e. The second-order valence-corrected chi connectivity index (χ2v) is 6.73. The molecule has 6 nitrogen and oxygen atoms in total. The second-order valence-electron chi connectivity index (χ2n) is 4.69. The summed E-state index contributed by atoms with van der Waals surface area (Å²) in [5, 5.41) is 8.22. The lowest BCUT2D eigenvalue weighted by atomic mass is 10.0. The zero-order valence-corrected chi connectivity index (χ0v) is 12.1. The van der Waals surface area contributed by atoms with Gasteiger partial charge in [-0.1, -0.05) is 23.8 Å². The number of hydrogen-bond donors (Lipinski definition) is 1. The molecule has 114 valence electrons. The quantitative estimate of drug-likeness (QED) is 0.809. The number of carbonyl (C=O) groups is 1. The molecular weight excluding hydrogens is 296 g/mol. The summed E-state index contributed by atoms with van der Waals surface area (Å²) in [7, 11) is -3.79. The van der Waals surface area contributed by atoms with Crippen LogP contribution >= 0.6 is 0 Å². The van der Waals surface area contributed by atoms with Gasteiger partial charge in [-0.3, -0.25) is 4.79 Å². The molecule has 0 radical (unpaired) electrons. The van der Waals surface area contributed by atoms with Crippen molar-refractivity contribution in [3.8, 4) is 0 Å².